The first-order chi connectivity index (χ1) is 12.1. The number of piperidine rings is 1. The summed E-state index contributed by atoms with van der Waals surface area (Å²) >= 11 is 1.52. The second-order valence-electron chi connectivity index (χ2n) is 6.24. The molecule has 0 saturated carbocycles. The molecule has 0 bridgehead atoms. The fourth-order valence-electron chi connectivity index (χ4n) is 2.79. The van der Waals surface area contributed by atoms with Crippen molar-refractivity contribution < 1.29 is 18.8 Å². The van der Waals surface area contributed by atoms with Gasteiger partial charge in [0.15, 0.2) is 6.61 Å². The highest BCUT2D eigenvalue weighted by Crippen LogP contribution is 2.21. The number of hydrogen-bond donors (Lipinski definition) is 0. The summed E-state index contributed by atoms with van der Waals surface area (Å²) in [6, 6.07) is 3.81. The molecule has 1 saturated heterocycles. The zero-order valence-electron chi connectivity index (χ0n) is 14.1. The molecule has 2 aromatic rings. The van der Waals surface area contributed by atoms with Crippen LogP contribution in [0.4, 0.5) is 0 Å². The molecule has 25 heavy (non-hydrogen) atoms. The van der Waals surface area contributed by atoms with Gasteiger partial charge in [-0.05, 0) is 30.2 Å². The Hall–Kier alpha value is -2.22. The molecule has 8 heteroatoms. The van der Waals surface area contributed by atoms with Gasteiger partial charge >= 0.3 is 5.97 Å². The molecule has 3 rings (SSSR count). The number of esters is 1. The normalized spacial score (nSPS) is 17.5. The summed E-state index contributed by atoms with van der Waals surface area (Å²) in [5, 5.41) is 5.82. The number of carbonyl (C=O) groups is 2. The number of ether oxygens (including phenoxy) is 1. The standard InChI is InChI=1S/C17H21N3O4S/c1-12-4-2-8-20(10-12)15(21)11-23-16(22)7-6-14-18-17(19-24-14)13-5-3-9-25-13/h3,5,9,12H,2,4,6-8,10-11H2,1H3. The summed E-state index contributed by atoms with van der Waals surface area (Å²) < 4.78 is 10.2. The Bertz CT molecular complexity index is 713. The molecular formula is C17H21N3O4S. The Balaban J connectivity index is 1.40. The molecule has 1 amide bonds. The molecule has 1 aliphatic rings. The Morgan fingerprint density at radius 2 is 2.36 bits per heavy atom. The Kier molecular flexibility index (Phi) is 5.80. The van der Waals surface area contributed by atoms with Crippen LogP contribution in [0.1, 0.15) is 32.1 Å². The van der Waals surface area contributed by atoms with Crippen molar-refractivity contribution in [3.05, 3.63) is 23.4 Å². The summed E-state index contributed by atoms with van der Waals surface area (Å²) in [6.07, 6.45) is 2.55. The predicted molar refractivity (Wildman–Crippen MR) is 91.9 cm³/mol. The monoisotopic (exact) mass is 363 g/mol. The minimum atomic E-state index is -0.436. The van der Waals surface area contributed by atoms with Crippen LogP contribution >= 0.6 is 11.3 Å². The molecule has 0 aliphatic carbocycles. The number of thiophene rings is 1. The zero-order chi connectivity index (χ0) is 17.6. The van der Waals surface area contributed by atoms with Crippen molar-refractivity contribution in [1.82, 2.24) is 15.0 Å². The van der Waals surface area contributed by atoms with E-state index in [1.165, 1.54) is 11.3 Å². The maximum absolute atomic E-state index is 12.1. The summed E-state index contributed by atoms with van der Waals surface area (Å²) in [4.78, 5) is 30.8. The van der Waals surface area contributed by atoms with Gasteiger partial charge in [-0.1, -0.05) is 18.1 Å². The highest BCUT2D eigenvalue weighted by molar-refractivity contribution is 7.13. The van der Waals surface area contributed by atoms with Crippen LogP contribution < -0.4 is 0 Å². The number of rotatable bonds is 6. The molecule has 0 aromatic carbocycles. The molecule has 1 aliphatic heterocycles. The molecule has 1 fully saturated rings. The lowest BCUT2D eigenvalue weighted by Crippen LogP contribution is -2.41. The first-order valence-corrected chi connectivity index (χ1v) is 9.29. The van der Waals surface area contributed by atoms with E-state index in [-0.39, 0.29) is 18.9 Å². The van der Waals surface area contributed by atoms with Crippen molar-refractivity contribution in [2.24, 2.45) is 5.92 Å². The van der Waals surface area contributed by atoms with Gasteiger partial charge in [-0.15, -0.1) is 11.3 Å². The number of hydrogen-bond acceptors (Lipinski definition) is 7. The van der Waals surface area contributed by atoms with Gasteiger partial charge in [0.2, 0.25) is 11.7 Å². The average Bonchev–Trinajstić information content (AvgIpc) is 3.29. The van der Waals surface area contributed by atoms with Gasteiger partial charge in [0.25, 0.3) is 5.91 Å². The highest BCUT2D eigenvalue weighted by Gasteiger charge is 2.22. The lowest BCUT2D eigenvalue weighted by molar-refractivity contribution is -0.152. The van der Waals surface area contributed by atoms with Crippen molar-refractivity contribution in [3.63, 3.8) is 0 Å². The second-order valence-corrected chi connectivity index (χ2v) is 7.18. The third-order valence-corrected chi connectivity index (χ3v) is 4.98. The van der Waals surface area contributed by atoms with Crippen molar-refractivity contribution >= 4 is 23.2 Å². The topological polar surface area (TPSA) is 85.5 Å². The molecular weight excluding hydrogens is 342 g/mol. The lowest BCUT2D eigenvalue weighted by atomic mass is 10.0. The number of amides is 1. The Morgan fingerprint density at radius 1 is 1.48 bits per heavy atom. The van der Waals surface area contributed by atoms with Gasteiger partial charge in [-0.2, -0.15) is 4.98 Å². The van der Waals surface area contributed by atoms with Gasteiger partial charge in [0.05, 0.1) is 11.3 Å². The summed E-state index contributed by atoms with van der Waals surface area (Å²) in [6.45, 7) is 3.41. The lowest BCUT2D eigenvalue weighted by Gasteiger charge is -2.30. The Labute approximate surface area is 150 Å². The van der Waals surface area contributed by atoms with Gasteiger partial charge in [0.1, 0.15) is 0 Å². The largest absolute Gasteiger partial charge is 0.456 e. The maximum atomic E-state index is 12.1. The average molecular weight is 363 g/mol. The quantitative estimate of drug-likeness (QED) is 0.733. The summed E-state index contributed by atoms with van der Waals surface area (Å²) in [5.74, 6) is 0.847. The molecule has 0 spiro atoms. The van der Waals surface area contributed by atoms with E-state index in [1.54, 1.807) is 4.90 Å². The van der Waals surface area contributed by atoms with Crippen LogP contribution in [0.25, 0.3) is 10.7 Å². The first-order valence-electron chi connectivity index (χ1n) is 8.41. The molecule has 3 heterocycles. The first kappa shape index (κ1) is 17.6. The fraction of sp³-hybridized carbons (Fsp3) is 0.529. The Morgan fingerprint density at radius 3 is 3.12 bits per heavy atom. The molecule has 134 valence electrons. The zero-order valence-corrected chi connectivity index (χ0v) is 15.0. The second kappa shape index (κ2) is 8.24. The third-order valence-electron chi connectivity index (χ3n) is 4.12. The van der Waals surface area contributed by atoms with Crippen LogP contribution in [0.5, 0.6) is 0 Å². The van der Waals surface area contributed by atoms with E-state index >= 15 is 0 Å². The van der Waals surface area contributed by atoms with E-state index in [0.717, 1.165) is 30.8 Å². The van der Waals surface area contributed by atoms with Crippen LogP contribution in [0.15, 0.2) is 22.0 Å². The minimum absolute atomic E-state index is 0.107. The van der Waals surface area contributed by atoms with E-state index in [0.29, 0.717) is 24.1 Å². The molecule has 0 radical (unpaired) electrons. The SMILES string of the molecule is CC1CCCN(C(=O)COC(=O)CCc2nc(-c3cccs3)no2)C1. The third kappa shape index (κ3) is 4.88. The number of carbonyl (C=O) groups excluding carboxylic acids is 2. The van der Waals surface area contributed by atoms with Crippen LogP contribution in [0, 0.1) is 5.92 Å². The van der Waals surface area contributed by atoms with E-state index in [9.17, 15) is 9.59 Å². The van der Waals surface area contributed by atoms with Crippen LogP contribution in [-0.4, -0.2) is 46.6 Å². The van der Waals surface area contributed by atoms with Crippen LogP contribution in [0.2, 0.25) is 0 Å². The summed E-state index contributed by atoms with van der Waals surface area (Å²) in [5.41, 5.74) is 0. The molecule has 7 nitrogen and oxygen atoms in total. The van der Waals surface area contributed by atoms with Crippen LogP contribution in [-0.2, 0) is 20.7 Å². The van der Waals surface area contributed by atoms with Gasteiger partial charge < -0.3 is 14.2 Å². The van der Waals surface area contributed by atoms with Gasteiger partial charge in [0, 0.05) is 19.5 Å². The highest BCUT2D eigenvalue weighted by atomic mass is 32.1. The molecule has 1 atom stereocenters. The maximum Gasteiger partial charge on any atom is 0.306 e. The number of aromatic nitrogens is 2. The number of nitrogens with zero attached hydrogens (tertiary/aromatic N) is 3. The van der Waals surface area contributed by atoms with E-state index in [1.807, 2.05) is 17.5 Å². The minimum Gasteiger partial charge on any atom is -0.456 e. The molecule has 2 aromatic heterocycles. The van der Waals surface area contributed by atoms with Crippen molar-refractivity contribution in [1.29, 1.82) is 0 Å². The number of aryl methyl sites for hydroxylation is 1. The molecule has 0 N–H and O–H groups in total. The van der Waals surface area contributed by atoms with Crippen molar-refractivity contribution in [2.75, 3.05) is 19.7 Å². The molecule has 1 unspecified atom stereocenters. The van der Waals surface area contributed by atoms with Crippen molar-refractivity contribution in [2.45, 2.75) is 32.6 Å². The van der Waals surface area contributed by atoms with E-state index in [2.05, 4.69) is 17.1 Å². The van der Waals surface area contributed by atoms with Crippen LogP contribution in [0.3, 0.4) is 0 Å². The van der Waals surface area contributed by atoms with Crippen molar-refractivity contribution in [3.8, 4) is 10.7 Å². The predicted octanol–water partition coefficient (Wildman–Crippen LogP) is 2.53. The van der Waals surface area contributed by atoms with Gasteiger partial charge in [-0.25, -0.2) is 0 Å². The smallest absolute Gasteiger partial charge is 0.306 e. The van der Waals surface area contributed by atoms with E-state index in [4.69, 9.17) is 9.26 Å². The fourth-order valence-corrected chi connectivity index (χ4v) is 3.44. The number of likely N-dealkylation sites (tertiary alicyclic amines) is 1. The summed E-state index contributed by atoms with van der Waals surface area (Å²) in [7, 11) is 0. The van der Waals surface area contributed by atoms with Gasteiger partial charge in [-0.3, -0.25) is 9.59 Å². The van der Waals surface area contributed by atoms with E-state index < -0.39 is 5.97 Å².